The van der Waals surface area contributed by atoms with E-state index in [1.54, 1.807) is 0 Å². The molecule has 1 radical (unpaired) electrons. The molecule has 0 aliphatic heterocycles. The minimum Gasteiger partial charge on any atom is -0.506 e. The van der Waals surface area contributed by atoms with Gasteiger partial charge in [-0.2, -0.15) is 0 Å². The molecule has 0 saturated heterocycles. The number of aromatic nitrogens is 1. The number of aryl methyl sites for hydroxylation is 1. The molecule has 0 saturated carbocycles. The van der Waals surface area contributed by atoms with Gasteiger partial charge in [0.1, 0.15) is 5.75 Å². The van der Waals surface area contributed by atoms with E-state index in [9.17, 15) is 19.3 Å². The molecule has 13 heteroatoms. The van der Waals surface area contributed by atoms with Crippen molar-refractivity contribution in [3.05, 3.63) is 23.0 Å². The van der Waals surface area contributed by atoms with Crippen LogP contribution < -0.4 is 0 Å². The SMILES string of the molecule is Cc1ncc(CO)c(C(O)(P(=O)(O)O)P(=O)(O)O)c1O.[Mn]. The number of nitrogens with zero attached hydrogens (tertiary/aromatic N) is 1. The molecule has 1 rings (SSSR count). The van der Waals surface area contributed by atoms with Crippen molar-refractivity contribution in [2.75, 3.05) is 0 Å². The van der Waals surface area contributed by atoms with E-state index in [1.807, 2.05) is 0 Å². The summed E-state index contributed by atoms with van der Waals surface area (Å²) in [5.41, 5.74) is -1.91. The van der Waals surface area contributed by atoms with Crippen molar-refractivity contribution >= 4 is 15.2 Å². The molecule has 21 heavy (non-hydrogen) atoms. The number of aliphatic hydroxyl groups is 2. The standard InChI is InChI=1S/C8H13NO9P2.Mn/c1-4-7(11)6(5(3-10)2-9-4)8(12,19(13,14)15)20(16,17)18;/h2,10-12H,3H2,1H3,(H2,13,14,15)(H2,16,17,18);. The van der Waals surface area contributed by atoms with Crippen molar-refractivity contribution in [2.45, 2.75) is 18.6 Å². The first-order chi connectivity index (χ1) is 8.88. The summed E-state index contributed by atoms with van der Waals surface area (Å²) in [6, 6.07) is 0. The predicted octanol–water partition coefficient (Wildman–Crippen LogP) is -0.957. The van der Waals surface area contributed by atoms with Gasteiger partial charge in [-0.3, -0.25) is 14.1 Å². The average molecular weight is 384 g/mol. The summed E-state index contributed by atoms with van der Waals surface area (Å²) in [5.74, 6) is -1.02. The average Bonchev–Trinajstić information content (AvgIpc) is 2.28. The molecular weight excluding hydrogens is 371 g/mol. The molecule has 0 bridgehead atoms. The minimum atomic E-state index is -5.82. The maximum absolute atomic E-state index is 11.4. The normalized spacial score (nSPS) is 12.9. The molecule has 0 fully saturated rings. The van der Waals surface area contributed by atoms with Crippen LogP contribution in [0, 0.1) is 6.92 Å². The van der Waals surface area contributed by atoms with Gasteiger partial charge in [0, 0.05) is 28.8 Å². The Hall–Kier alpha value is -0.311. The van der Waals surface area contributed by atoms with E-state index in [0.717, 1.165) is 6.20 Å². The van der Waals surface area contributed by atoms with Crippen molar-refractivity contribution in [3.63, 3.8) is 0 Å². The van der Waals surface area contributed by atoms with Crippen LogP contribution in [0.25, 0.3) is 0 Å². The van der Waals surface area contributed by atoms with Crippen LogP contribution in [0.2, 0.25) is 0 Å². The van der Waals surface area contributed by atoms with Crippen LogP contribution in [0.5, 0.6) is 5.75 Å². The fraction of sp³-hybridized carbons (Fsp3) is 0.375. The number of rotatable bonds is 4. The molecule has 1 aromatic heterocycles. The van der Waals surface area contributed by atoms with Crippen molar-refractivity contribution in [3.8, 4) is 5.75 Å². The van der Waals surface area contributed by atoms with Crippen LogP contribution in [-0.2, 0) is 37.9 Å². The molecule has 0 aromatic carbocycles. The Bertz CT molecular complexity index is 602. The van der Waals surface area contributed by atoms with Gasteiger partial charge in [-0.05, 0) is 6.92 Å². The largest absolute Gasteiger partial charge is 0.506 e. The van der Waals surface area contributed by atoms with E-state index in [-0.39, 0.29) is 22.8 Å². The molecule has 0 unspecified atom stereocenters. The summed E-state index contributed by atoms with van der Waals surface area (Å²) in [6.45, 7) is 0.220. The zero-order valence-corrected chi connectivity index (χ0v) is 13.4. The van der Waals surface area contributed by atoms with Gasteiger partial charge >= 0.3 is 15.2 Å². The Kier molecular flexibility index (Phi) is 6.34. The van der Waals surface area contributed by atoms with Gasteiger partial charge in [0.05, 0.1) is 17.9 Å². The van der Waals surface area contributed by atoms with Crippen LogP contribution >= 0.6 is 15.2 Å². The molecule has 0 atom stereocenters. The van der Waals surface area contributed by atoms with Crippen LogP contribution in [0.3, 0.4) is 0 Å². The third-order valence-corrected chi connectivity index (χ3v) is 6.27. The fourth-order valence-electron chi connectivity index (χ4n) is 1.59. The number of hydrogen-bond donors (Lipinski definition) is 7. The summed E-state index contributed by atoms with van der Waals surface area (Å²) in [4.78, 5) is 40.0. The Labute approximate surface area is 129 Å². The third kappa shape index (κ3) is 3.38. The topological polar surface area (TPSA) is 189 Å². The molecule has 1 aromatic rings. The summed E-state index contributed by atoms with van der Waals surface area (Å²) >= 11 is 0. The predicted molar refractivity (Wildman–Crippen MR) is 64.5 cm³/mol. The molecule has 0 aliphatic rings. The number of aliphatic hydroxyl groups excluding tert-OH is 1. The van der Waals surface area contributed by atoms with E-state index >= 15 is 0 Å². The van der Waals surface area contributed by atoms with Crippen LogP contribution in [0.15, 0.2) is 6.20 Å². The van der Waals surface area contributed by atoms with Crippen LogP contribution in [-0.4, -0.2) is 39.9 Å². The van der Waals surface area contributed by atoms with E-state index in [2.05, 4.69) is 4.98 Å². The van der Waals surface area contributed by atoms with E-state index < -0.39 is 43.8 Å². The second kappa shape index (κ2) is 6.44. The first kappa shape index (κ1) is 20.7. The summed E-state index contributed by atoms with van der Waals surface area (Å²) in [5, 5.41) is 24.8. The molecule has 0 amide bonds. The Morgan fingerprint density at radius 3 is 1.95 bits per heavy atom. The second-order valence-corrected chi connectivity index (χ2v) is 7.80. The molecule has 1 heterocycles. The van der Waals surface area contributed by atoms with Crippen LogP contribution in [0.4, 0.5) is 0 Å². The van der Waals surface area contributed by atoms with E-state index in [0.29, 0.717) is 0 Å². The minimum absolute atomic E-state index is 0. The van der Waals surface area contributed by atoms with Crippen molar-refractivity contribution in [1.82, 2.24) is 4.98 Å². The van der Waals surface area contributed by atoms with Gasteiger partial charge in [0.15, 0.2) is 0 Å². The first-order valence-electron chi connectivity index (χ1n) is 5.00. The van der Waals surface area contributed by atoms with Gasteiger partial charge in [-0.25, -0.2) is 0 Å². The zero-order valence-electron chi connectivity index (χ0n) is 10.5. The summed E-state index contributed by atoms with van der Waals surface area (Å²) < 4.78 is 22.7. The Balaban J connectivity index is 0.00000400. The number of aromatic hydroxyl groups is 1. The van der Waals surface area contributed by atoms with Gasteiger partial charge in [0.2, 0.25) is 0 Å². The second-order valence-electron chi connectivity index (χ2n) is 3.97. The van der Waals surface area contributed by atoms with Crippen LogP contribution in [0.1, 0.15) is 16.8 Å². The maximum Gasteiger partial charge on any atom is 0.374 e. The maximum atomic E-state index is 11.4. The number of hydrogen-bond acceptors (Lipinski definition) is 6. The molecule has 0 spiro atoms. The Morgan fingerprint density at radius 1 is 1.19 bits per heavy atom. The van der Waals surface area contributed by atoms with Gasteiger partial charge in [0.25, 0.3) is 5.08 Å². The monoisotopic (exact) mass is 384 g/mol. The smallest absolute Gasteiger partial charge is 0.374 e. The van der Waals surface area contributed by atoms with E-state index in [1.165, 1.54) is 6.92 Å². The van der Waals surface area contributed by atoms with Crippen molar-refractivity contribution in [1.29, 1.82) is 0 Å². The first-order valence-corrected chi connectivity index (χ1v) is 8.22. The summed E-state index contributed by atoms with van der Waals surface area (Å²) in [6.07, 6.45) is 0.834. The molecule has 10 nitrogen and oxygen atoms in total. The molecule has 7 N–H and O–H groups in total. The Morgan fingerprint density at radius 2 is 1.62 bits per heavy atom. The molecular formula is C8H13MnNO9P2. The van der Waals surface area contributed by atoms with Crippen molar-refractivity contribution in [2.24, 2.45) is 0 Å². The van der Waals surface area contributed by atoms with E-state index in [4.69, 9.17) is 24.7 Å². The number of pyridine rings is 1. The fourth-order valence-corrected chi connectivity index (χ4v) is 4.03. The van der Waals surface area contributed by atoms with Gasteiger partial charge in [-0.1, -0.05) is 0 Å². The quantitative estimate of drug-likeness (QED) is 0.252. The van der Waals surface area contributed by atoms with Gasteiger partial charge < -0.3 is 34.9 Å². The van der Waals surface area contributed by atoms with Gasteiger partial charge in [-0.15, -0.1) is 0 Å². The third-order valence-electron chi connectivity index (χ3n) is 2.63. The summed E-state index contributed by atoms with van der Waals surface area (Å²) in [7, 11) is -11.6. The zero-order chi connectivity index (χ0) is 15.9. The molecule has 121 valence electrons. The molecule has 0 aliphatic carbocycles. The van der Waals surface area contributed by atoms with Crippen molar-refractivity contribution < 1.29 is 61.1 Å².